The Hall–Kier alpha value is -1.35. The maximum absolute atomic E-state index is 12.8. The van der Waals surface area contributed by atoms with Crippen LogP contribution in [-0.2, 0) is 38.7 Å². The fraction of sp³-hybridized carbons (Fsp3) is 0.956. The summed E-state index contributed by atoms with van der Waals surface area (Å²) in [7, 11) is -4.60. The highest BCUT2D eigenvalue weighted by Gasteiger charge is 2.46. The van der Waals surface area contributed by atoms with Crippen LogP contribution in [0.2, 0.25) is 0 Å². The minimum absolute atomic E-state index is 0.173. The summed E-state index contributed by atoms with van der Waals surface area (Å²) in [5.74, 6) is -1.96. The van der Waals surface area contributed by atoms with Crippen LogP contribution in [0.1, 0.15) is 219 Å². The van der Waals surface area contributed by atoms with Gasteiger partial charge in [-0.25, -0.2) is 0 Å². The van der Waals surface area contributed by atoms with Gasteiger partial charge in [0.1, 0.15) is 36.8 Å². The van der Waals surface area contributed by atoms with Crippen LogP contribution in [0.15, 0.2) is 0 Å². The quantitative estimate of drug-likeness (QED) is 0.0260. The molecule has 1 rings (SSSR count). The number of carbonyl (C=O) groups excluding carboxylic acids is 2. The topological polar surface area (TPSA) is 186 Å². The lowest BCUT2D eigenvalue weighted by molar-refractivity contribution is -0.297. The molecule has 13 heteroatoms. The molecule has 0 radical (unpaired) electrons. The van der Waals surface area contributed by atoms with Crippen molar-refractivity contribution in [3.05, 3.63) is 0 Å². The van der Waals surface area contributed by atoms with Gasteiger partial charge in [-0.15, -0.1) is 0 Å². The summed E-state index contributed by atoms with van der Waals surface area (Å²) in [5, 5.41) is 30.9. The van der Waals surface area contributed by atoms with E-state index in [0.29, 0.717) is 12.8 Å². The predicted octanol–water partition coefficient (Wildman–Crippen LogP) is 9.68. The molecule has 0 saturated carbocycles. The third kappa shape index (κ3) is 30.6. The predicted molar refractivity (Wildman–Crippen MR) is 229 cm³/mol. The summed E-state index contributed by atoms with van der Waals surface area (Å²) in [4.78, 5) is 25.4. The molecule has 1 aliphatic heterocycles. The molecular weight excluding hydrogens is 765 g/mol. The monoisotopic (exact) mass is 851 g/mol. The highest BCUT2D eigenvalue weighted by molar-refractivity contribution is 7.85. The van der Waals surface area contributed by atoms with E-state index in [9.17, 15) is 37.9 Å². The summed E-state index contributed by atoms with van der Waals surface area (Å²) in [6, 6.07) is 0. The van der Waals surface area contributed by atoms with Crippen molar-refractivity contribution in [3.8, 4) is 0 Å². The fourth-order valence-electron chi connectivity index (χ4n) is 7.50. The summed E-state index contributed by atoms with van der Waals surface area (Å²) in [6.07, 6.45) is 27.2. The zero-order valence-corrected chi connectivity index (χ0v) is 37.5. The average Bonchev–Trinajstić information content (AvgIpc) is 3.18. The molecule has 344 valence electrons. The summed E-state index contributed by atoms with van der Waals surface area (Å²) in [5.41, 5.74) is 0. The van der Waals surface area contributed by atoms with E-state index < -0.39 is 71.2 Å². The Morgan fingerprint density at radius 1 is 0.517 bits per heavy atom. The van der Waals surface area contributed by atoms with Crippen LogP contribution < -0.4 is 0 Å². The lowest BCUT2D eigenvalue weighted by Crippen LogP contribution is -2.60. The fourth-order valence-corrected chi connectivity index (χ4v) is 8.19. The zero-order chi connectivity index (χ0) is 42.7. The van der Waals surface area contributed by atoms with Gasteiger partial charge in [-0.1, -0.05) is 194 Å². The number of ether oxygens (including phenoxy) is 4. The maximum atomic E-state index is 12.8. The number of hydrogen-bond donors (Lipinski definition) is 4. The lowest BCUT2D eigenvalue weighted by atomic mass is 10.00. The number of aliphatic hydroxyl groups is 3. The highest BCUT2D eigenvalue weighted by atomic mass is 32.2. The smallest absolute Gasteiger partial charge is 0.306 e. The van der Waals surface area contributed by atoms with Crippen molar-refractivity contribution in [3.63, 3.8) is 0 Å². The second-order valence-electron chi connectivity index (χ2n) is 16.8. The van der Waals surface area contributed by atoms with Crippen LogP contribution in [0, 0.1) is 0 Å². The van der Waals surface area contributed by atoms with E-state index in [1.165, 1.54) is 141 Å². The first kappa shape index (κ1) is 54.7. The van der Waals surface area contributed by atoms with Crippen molar-refractivity contribution in [2.75, 3.05) is 19.0 Å². The first-order valence-corrected chi connectivity index (χ1v) is 25.2. The zero-order valence-electron chi connectivity index (χ0n) is 36.7. The van der Waals surface area contributed by atoms with E-state index in [-0.39, 0.29) is 19.4 Å². The number of aliphatic hydroxyl groups excluding tert-OH is 3. The number of rotatable bonds is 40. The van der Waals surface area contributed by atoms with E-state index in [1.807, 2.05) is 0 Å². The number of hydrogen-bond acceptors (Lipinski definition) is 11. The molecule has 0 aromatic rings. The molecule has 0 spiro atoms. The van der Waals surface area contributed by atoms with Crippen LogP contribution in [-0.4, -0.2) is 96.0 Å². The van der Waals surface area contributed by atoms with Crippen LogP contribution in [0.4, 0.5) is 0 Å². The van der Waals surface area contributed by atoms with Gasteiger partial charge in [0.15, 0.2) is 12.4 Å². The molecule has 1 saturated heterocycles. The summed E-state index contributed by atoms with van der Waals surface area (Å²) >= 11 is 0. The number of unbranched alkanes of at least 4 members (excludes halogenated alkanes) is 28. The molecule has 1 aliphatic rings. The molecule has 0 bridgehead atoms. The molecule has 0 amide bonds. The molecule has 0 aromatic heterocycles. The second kappa shape index (κ2) is 36.3. The Kier molecular flexibility index (Phi) is 34.2. The lowest BCUT2D eigenvalue weighted by Gasteiger charge is -2.40. The van der Waals surface area contributed by atoms with E-state index >= 15 is 0 Å². The van der Waals surface area contributed by atoms with Crippen molar-refractivity contribution >= 4 is 22.1 Å². The molecule has 2 unspecified atom stereocenters. The first-order valence-electron chi connectivity index (χ1n) is 23.6. The Morgan fingerprint density at radius 3 is 1.26 bits per heavy atom. The Bertz CT molecular complexity index is 1090. The molecule has 4 N–H and O–H groups in total. The van der Waals surface area contributed by atoms with Crippen molar-refractivity contribution in [2.45, 2.75) is 256 Å². The molecule has 0 aliphatic carbocycles. The van der Waals surface area contributed by atoms with Crippen LogP contribution in [0.25, 0.3) is 0 Å². The van der Waals surface area contributed by atoms with E-state index in [4.69, 9.17) is 18.9 Å². The summed E-state index contributed by atoms with van der Waals surface area (Å²) < 4.78 is 54.1. The number of carbonyl (C=O) groups is 2. The molecule has 1 heterocycles. The van der Waals surface area contributed by atoms with Gasteiger partial charge in [0.05, 0.1) is 6.61 Å². The van der Waals surface area contributed by atoms with Gasteiger partial charge in [-0.3, -0.25) is 14.1 Å². The third-order valence-electron chi connectivity index (χ3n) is 11.2. The van der Waals surface area contributed by atoms with Crippen LogP contribution in [0.3, 0.4) is 0 Å². The van der Waals surface area contributed by atoms with E-state index in [0.717, 1.165) is 38.5 Å². The van der Waals surface area contributed by atoms with Gasteiger partial charge < -0.3 is 34.3 Å². The SMILES string of the molecule is CCCCCCCCCCCCCCCCCCCCC(=O)O[C@H](COC(=O)CCCCCCCCCCCCCC)CO[C@H]1O[C@H](CS(=O)(=O)O)[C@@H](O)C(O)C1O. The largest absolute Gasteiger partial charge is 0.462 e. The number of esters is 2. The molecule has 0 aromatic carbocycles. The Labute approximate surface area is 353 Å². The first-order chi connectivity index (χ1) is 28.0. The van der Waals surface area contributed by atoms with Crippen LogP contribution >= 0.6 is 0 Å². The van der Waals surface area contributed by atoms with Gasteiger partial charge in [-0.05, 0) is 12.8 Å². The highest BCUT2D eigenvalue weighted by Crippen LogP contribution is 2.24. The van der Waals surface area contributed by atoms with Crippen LogP contribution in [0.5, 0.6) is 0 Å². The van der Waals surface area contributed by atoms with Crippen molar-refractivity contribution in [1.82, 2.24) is 0 Å². The van der Waals surface area contributed by atoms with Crippen molar-refractivity contribution < 1.29 is 56.8 Å². The second-order valence-corrected chi connectivity index (χ2v) is 18.3. The molecular formula is C45H86O12S. The van der Waals surface area contributed by atoms with Gasteiger partial charge in [-0.2, -0.15) is 8.42 Å². The molecule has 1 fully saturated rings. The van der Waals surface area contributed by atoms with Gasteiger partial charge in [0.25, 0.3) is 10.1 Å². The van der Waals surface area contributed by atoms with E-state index in [1.54, 1.807) is 0 Å². The van der Waals surface area contributed by atoms with Gasteiger partial charge >= 0.3 is 11.9 Å². The summed E-state index contributed by atoms with van der Waals surface area (Å²) in [6.45, 7) is 3.78. The molecule has 58 heavy (non-hydrogen) atoms. The van der Waals surface area contributed by atoms with Gasteiger partial charge in [0, 0.05) is 12.8 Å². The van der Waals surface area contributed by atoms with Crippen molar-refractivity contribution in [2.24, 2.45) is 0 Å². The average molecular weight is 851 g/mol. The van der Waals surface area contributed by atoms with Gasteiger partial charge in [0.2, 0.25) is 0 Å². The Morgan fingerprint density at radius 2 is 0.879 bits per heavy atom. The standard InChI is InChI=1S/C45H86O12S/c1-3-5-7-9-11-13-15-17-18-19-20-21-22-24-26-28-30-32-34-41(47)56-38(36-55-45-44(50)43(49)42(48)39(57-45)37-58(51,52)53)35-54-40(46)33-31-29-27-25-23-16-14-12-10-8-6-4-2/h38-39,42-45,48-50H,3-37H2,1-2H3,(H,51,52,53)/t38-,39-,42-,43?,44?,45+/m1/s1. The van der Waals surface area contributed by atoms with E-state index in [2.05, 4.69) is 13.8 Å². The van der Waals surface area contributed by atoms with Crippen molar-refractivity contribution in [1.29, 1.82) is 0 Å². The molecule has 12 nitrogen and oxygen atoms in total. The normalized spacial score (nSPS) is 20.3. The maximum Gasteiger partial charge on any atom is 0.306 e. The third-order valence-corrected chi connectivity index (χ3v) is 11.9. The Balaban J connectivity index is 2.40. The molecule has 6 atom stereocenters. The minimum atomic E-state index is -4.60. The minimum Gasteiger partial charge on any atom is -0.462 e.